The zero-order chi connectivity index (χ0) is 21.3. The number of carbonyl (C=O) groups is 1. The highest BCUT2D eigenvalue weighted by Gasteiger charge is 2.31. The van der Waals surface area contributed by atoms with E-state index in [-0.39, 0.29) is 31.3 Å². The van der Waals surface area contributed by atoms with Crippen LogP contribution in [0, 0.1) is 32.7 Å². The molecule has 1 aliphatic rings. The van der Waals surface area contributed by atoms with Crippen molar-refractivity contribution in [3.8, 4) is 0 Å². The first-order chi connectivity index (χ1) is 13.7. The van der Waals surface area contributed by atoms with Crippen LogP contribution in [-0.2, 0) is 0 Å². The van der Waals surface area contributed by atoms with E-state index >= 15 is 0 Å². The zero-order valence-electron chi connectivity index (χ0n) is 14.6. The molecule has 11 heteroatoms. The standard InChI is InChI=1S/C18H13F5IN3OS/c19-11-12(20)14(22)16(15(23)13(11)21)26-5-7-27(8-6-26)18(29)25-17(28)9-1-3-10(24)4-2-9/h1-4H,5-8H2,(H,25,28,29). The van der Waals surface area contributed by atoms with Gasteiger partial charge in [0.1, 0.15) is 5.69 Å². The second-order valence-corrected chi connectivity index (χ2v) is 7.79. The number of piperazine rings is 1. The van der Waals surface area contributed by atoms with Gasteiger partial charge < -0.3 is 9.80 Å². The second kappa shape index (κ2) is 8.78. The Kier molecular flexibility index (Phi) is 6.56. The van der Waals surface area contributed by atoms with E-state index in [9.17, 15) is 26.7 Å². The summed E-state index contributed by atoms with van der Waals surface area (Å²) in [5, 5.41) is 2.68. The molecule has 29 heavy (non-hydrogen) atoms. The van der Waals surface area contributed by atoms with E-state index in [1.165, 1.54) is 0 Å². The van der Waals surface area contributed by atoms with Crippen LogP contribution in [0.3, 0.4) is 0 Å². The fourth-order valence-electron chi connectivity index (χ4n) is 2.85. The number of anilines is 1. The third-order valence-electron chi connectivity index (χ3n) is 4.40. The van der Waals surface area contributed by atoms with Crippen LogP contribution in [0.2, 0.25) is 0 Å². The quantitative estimate of drug-likeness (QED) is 0.206. The summed E-state index contributed by atoms with van der Waals surface area (Å²) in [5.41, 5.74) is -0.553. The number of benzene rings is 2. The minimum atomic E-state index is -2.19. The molecule has 2 aromatic rings. The lowest BCUT2D eigenvalue weighted by molar-refractivity contribution is 0.0973. The molecule has 1 heterocycles. The van der Waals surface area contributed by atoms with Crippen molar-refractivity contribution in [2.45, 2.75) is 0 Å². The van der Waals surface area contributed by atoms with E-state index in [4.69, 9.17) is 12.2 Å². The molecule has 1 aliphatic heterocycles. The Labute approximate surface area is 181 Å². The van der Waals surface area contributed by atoms with Gasteiger partial charge in [-0.3, -0.25) is 10.1 Å². The first-order valence-corrected chi connectivity index (χ1v) is 9.81. The lowest BCUT2D eigenvalue weighted by Crippen LogP contribution is -2.53. The van der Waals surface area contributed by atoms with Gasteiger partial charge in [-0.2, -0.15) is 0 Å². The van der Waals surface area contributed by atoms with E-state index in [2.05, 4.69) is 27.9 Å². The first-order valence-electron chi connectivity index (χ1n) is 8.33. The van der Waals surface area contributed by atoms with Crippen LogP contribution in [-0.4, -0.2) is 42.1 Å². The molecule has 0 spiro atoms. The Balaban J connectivity index is 1.66. The molecule has 0 atom stereocenters. The van der Waals surface area contributed by atoms with Crippen LogP contribution in [0.15, 0.2) is 24.3 Å². The molecular formula is C18H13F5IN3OS. The van der Waals surface area contributed by atoms with Gasteiger partial charge in [0, 0.05) is 35.3 Å². The van der Waals surface area contributed by atoms with Crippen molar-refractivity contribution in [2.75, 3.05) is 31.1 Å². The fraction of sp³-hybridized carbons (Fsp3) is 0.222. The fourth-order valence-corrected chi connectivity index (χ4v) is 3.49. The Morgan fingerprint density at radius 1 is 0.862 bits per heavy atom. The molecule has 1 saturated heterocycles. The molecule has 0 aliphatic carbocycles. The molecule has 1 amide bonds. The van der Waals surface area contributed by atoms with Gasteiger partial charge in [0.15, 0.2) is 28.4 Å². The maximum atomic E-state index is 14.0. The van der Waals surface area contributed by atoms with Gasteiger partial charge in [0.05, 0.1) is 0 Å². The lowest BCUT2D eigenvalue weighted by Gasteiger charge is -2.37. The highest BCUT2D eigenvalue weighted by atomic mass is 127. The lowest BCUT2D eigenvalue weighted by atomic mass is 10.2. The van der Waals surface area contributed by atoms with Gasteiger partial charge in [-0.1, -0.05) is 0 Å². The van der Waals surface area contributed by atoms with Crippen LogP contribution in [0.1, 0.15) is 10.4 Å². The van der Waals surface area contributed by atoms with E-state index in [0.29, 0.717) is 5.56 Å². The summed E-state index contributed by atoms with van der Waals surface area (Å²) in [6.45, 7) is 0.173. The second-order valence-electron chi connectivity index (χ2n) is 6.16. The molecule has 2 aromatic carbocycles. The van der Waals surface area contributed by atoms with Gasteiger partial charge in [-0.25, -0.2) is 22.0 Å². The number of carbonyl (C=O) groups excluding carboxylic acids is 1. The third kappa shape index (κ3) is 4.44. The molecule has 1 fully saturated rings. The first kappa shape index (κ1) is 21.7. The number of rotatable bonds is 2. The van der Waals surface area contributed by atoms with Crippen molar-refractivity contribution in [3.63, 3.8) is 0 Å². The molecule has 4 nitrogen and oxygen atoms in total. The predicted molar refractivity (Wildman–Crippen MR) is 109 cm³/mol. The van der Waals surface area contributed by atoms with Crippen molar-refractivity contribution >= 4 is 51.5 Å². The minimum absolute atomic E-state index is 0.0438. The highest BCUT2D eigenvalue weighted by molar-refractivity contribution is 14.1. The average Bonchev–Trinajstić information content (AvgIpc) is 2.72. The summed E-state index contributed by atoms with van der Waals surface area (Å²) < 4.78 is 69.0. The Hall–Kier alpha value is -2.02. The summed E-state index contributed by atoms with van der Waals surface area (Å²) in [7, 11) is 0. The van der Waals surface area contributed by atoms with Gasteiger partial charge in [-0.15, -0.1) is 0 Å². The van der Waals surface area contributed by atoms with Crippen molar-refractivity contribution in [1.29, 1.82) is 0 Å². The van der Waals surface area contributed by atoms with Crippen molar-refractivity contribution < 1.29 is 26.7 Å². The summed E-state index contributed by atoms with van der Waals surface area (Å²) in [6, 6.07) is 6.81. The number of amides is 1. The Bertz CT molecular complexity index is 936. The molecule has 154 valence electrons. The zero-order valence-corrected chi connectivity index (χ0v) is 17.6. The number of thiocarbonyl (C=S) groups is 1. The summed E-state index contributed by atoms with van der Waals surface area (Å²) >= 11 is 7.30. The van der Waals surface area contributed by atoms with Gasteiger partial charge >= 0.3 is 0 Å². The molecule has 1 N–H and O–H groups in total. The number of halogens is 6. The van der Waals surface area contributed by atoms with Crippen LogP contribution in [0.5, 0.6) is 0 Å². The van der Waals surface area contributed by atoms with Crippen LogP contribution in [0.4, 0.5) is 27.6 Å². The number of hydrogen-bond acceptors (Lipinski definition) is 3. The number of nitrogens with one attached hydrogen (secondary N) is 1. The topological polar surface area (TPSA) is 35.6 Å². The van der Waals surface area contributed by atoms with Crippen molar-refractivity contribution in [2.24, 2.45) is 0 Å². The Morgan fingerprint density at radius 2 is 1.34 bits per heavy atom. The molecule has 0 aromatic heterocycles. The van der Waals surface area contributed by atoms with Gasteiger partial charge in [0.25, 0.3) is 5.91 Å². The van der Waals surface area contributed by atoms with Crippen LogP contribution < -0.4 is 10.2 Å². The maximum absolute atomic E-state index is 14.0. The predicted octanol–water partition coefficient (Wildman–Crippen LogP) is 3.82. The molecule has 0 bridgehead atoms. The summed E-state index contributed by atoms with van der Waals surface area (Å²) in [6.07, 6.45) is 0. The van der Waals surface area contributed by atoms with E-state index in [1.807, 2.05) is 0 Å². The summed E-state index contributed by atoms with van der Waals surface area (Å²) in [5.74, 6) is -10.3. The Morgan fingerprint density at radius 3 is 1.86 bits per heavy atom. The number of hydrogen-bond donors (Lipinski definition) is 1. The molecule has 0 unspecified atom stereocenters. The van der Waals surface area contributed by atoms with Crippen molar-refractivity contribution in [3.05, 3.63) is 62.5 Å². The van der Waals surface area contributed by atoms with E-state index in [0.717, 1.165) is 8.47 Å². The van der Waals surface area contributed by atoms with Crippen LogP contribution in [0.25, 0.3) is 0 Å². The summed E-state index contributed by atoms with van der Waals surface area (Å²) in [4.78, 5) is 14.9. The SMILES string of the molecule is O=C(NC(=S)N1CCN(c2c(F)c(F)c(F)c(F)c2F)CC1)c1ccc(I)cc1. The van der Waals surface area contributed by atoms with Crippen molar-refractivity contribution in [1.82, 2.24) is 10.2 Å². The van der Waals surface area contributed by atoms with E-state index in [1.54, 1.807) is 29.2 Å². The molecule has 0 radical (unpaired) electrons. The largest absolute Gasteiger partial charge is 0.363 e. The average molecular weight is 541 g/mol. The minimum Gasteiger partial charge on any atom is -0.363 e. The van der Waals surface area contributed by atoms with Crippen LogP contribution >= 0.6 is 34.8 Å². The third-order valence-corrected chi connectivity index (χ3v) is 5.48. The molecule has 0 saturated carbocycles. The smallest absolute Gasteiger partial charge is 0.257 e. The monoisotopic (exact) mass is 541 g/mol. The molecular weight excluding hydrogens is 528 g/mol. The maximum Gasteiger partial charge on any atom is 0.257 e. The normalized spacial score (nSPS) is 14.1. The molecule has 3 rings (SSSR count). The van der Waals surface area contributed by atoms with E-state index < -0.39 is 40.7 Å². The van der Waals surface area contributed by atoms with Gasteiger partial charge in [0.2, 0.25) is 5.82 Å². The highest BCUT2D eigenvalue weighted by Crippen LogP contribution is 2.30. The van der Waals surface area contributed by atoms with Gasteiger partial charge in [-0.05, 0) is 59.1 Å². The number of nitrogens with zero attached hydrogens (tertiary/aromatic N) is 2.